The van der Waals surface area contributed by atoms with Crippen LogP contribution in [0.25, 0.3) is 0 Å². The maximum Gasteiger partial charge on any atom is 0.260 e. The third-order valence-electron chi connectivity index (χ3n) is 7.57. The van der Waals surface area contributed by atoms with Crippen LogP contribution < -0.4 is 4.74 Å². The number of ether oxygens (including phenoxy) is 2. The summed E-state index contributed by atoms with van der Waals surface area (Å²) in [5.74, 6) is 1.25. The van der Waals surface area contributed by atoms with Gasteiger partial charge in [-0.25, -0.2) is 0 Å². The molecule has 1 aliphatic carbocycles. The van der Waals surface area contributed by atoms with Gasteiger partial charge in [0.1, 0.15) is 5.75 Å². The first kappa shape index (κ1) is 22.0. The van der Waals surface area contributed by atoms with E-state index in [1.165, 1.54) is 11.1 Å². The standard InChI is InChI=1S/C27H32N2O4/c30-25(29-14-16-32-17-15-29)18-21-19-27(24-9-5-4-8-23(21)24)10-12-28(13-11-27)26(31)20-33-22-6-2-1-3-7-22/h1-9,21H,10-20H2/t21-/m1/s1. The number of carbonyl (C=O) groups is 2. The van der Waals surface area contributed by atoms with Gasteiger partial charge in [0.25, 0.3) is 5.91 Å². The highest BCUT2D eigenvalue weighted by Gasteiger charge is 2.46. The van der Waals surface area contributed by atoms with E-state index in [0.29, 0.717) is 32.7 Å². The van der Waals surface area contributed by atoms with E-state index in [4.69, 9.17) is 9.47 Å². The van der Waals surface area contributed by atoms with E-state index in [2.05, 4.69) is 24.3 Å². The van der Waals surface area contributed by atoms with Crippen LogP contribution in [0, 0.1) is 0 Å². The van der Waals surface area contributed by atoms with E-state index in [1.54, 1.807) is 0 Å². The molecule has 174 valence electrons. The van der Waals surface area contributed by atoms with Gasteiger partial charge in [0, 0.05) is 32.6 Å². The van der Waals surface area contributed by atoms with Crippen LogP contribution in [0.5, 0.6) is 5.75 Å². The number of morpholine rings is 1. The van der Waals surface area contributed by atoms with Gasteiger partial charge in [-0.1, -0.05) is 42.5 Å². The second kappa shape index (κ2) is 9.56. The lowest BCUT2D eigenvalue weighted by Crippen LogP contribution is -2.46. The van der Waals surface area contributed by atoms with Crippen molar-refractivity contribution in [2.24, 2.45) is 0 Å². The van der Waals surface area contributed by atoms with Crippen LogP contribution in [0.15, 0.2) is 54.6 Å². The number of likely N-dealkylation sites (tertiary alicyclic amines) is 1. The second-order valence-corrected chi connectivity index (χ2v) is 9.45. The Morgan fingerprint density at radius 3 is 2.30 bits per heavy atom. The molecule has 2 aromatic carbocycles. The summed E-state index contributed by atoms with van der Waals surface area (Å²) in [7, 11) is 0. The second-order valence-electron chi connectivity index (χ2n) is 9.45. The molecule has 0 bridgehead atoms. The molecule has 0 unspecified atom stereocenters. The van der Waals surface area contributed by atoms with Crippen molar-refractivity contribution in [3.63, 3.8) is 0 Å². The summed E-state index contributed by atoms with van der Waals surface area (Å²) in [5, 5.41) is 0. The van der Waals surface area contributed by atoms with Crippen LogP contribution in [-0.4, -0.2) is 67.6 Å². The minimum atomic E-state index is 0.0408. The number of hydrogen-bond acceptors (Lipinski definition) is 4. The molecule has 1 spiro atoms. The van der Waals surface area contributed by atoms with Crippen molar-refractivity contribution in [2.45, 2.75) is 37.0 Å². The maximum atomic E-state index is 13.0. The number of hydrogen-bond donors (Lipinski definition) is 0. The van der Waals surface area contributed by atoms with Crippen LogP contribution in [0.2, 0.25) is 0 Å². The first-order valence-corrected chi connectivity index (χ1v) is 12.1. The van der Waals surface area contributed by atoms with Crippen LogP contribution in [0.3, 0.4) is 0 Å². The quantitative estimate of drug-likeness (QED) is 0.704. The zero-order valence-electron chi connectivity index (χ0n) is 19.1. The van der Waals surface area contributed by atoms with Crippen LogP contribution in [0.1, 0.15) is 42.7 Å². The Labute approximate surface area is 195 Å². The number of carbonyl (C=O) groups excluding carboxylic acids is 2. The highest BCUT2D eigenvalue weighted by molar-refractivity contribution is 5.78. The molecule has 33 heavy (non-hydrogen) atoms. The van der Waals surface area contributed by atoms with E-state index in [1.807, 2.05) is 40.1 Å². The minimum absolute atomic E-state index is 0.0408. The first-order valence-electron chi connectivity index (χ1n) is 12.1. The number of para-hydroxylation sites is 1. The van der Waals surface area contributed by atoms with Gasteiger partial charge in [-0.15, -0.1) is 0 Å². The molecule has 6 heteroatoms. The third kappa shape index (κ3) is 4.62. The van der Waals surface area contributed by atoms with Crippen molar-refractivity contribution in [2.75, 3.05) is 46.0 Å². The summed E-state index contributed by atoms with van der Waals surface area (Å²) in [5.41, 5.74) is 2.77. The monoisotopic (exact) mass is 448 g/mol. The summed E-state index contributed by atoms with van der Waals surface area (Å²) < 4.78 is 11.1. The fourth-order valence-electron chi connectivity index (χ4n) is 5.77. The lowest BCUT2D eigenvalue weighted by Gasteiger charge is -2.40. The van der Waals surface area contributed by atoms with Gasteiger partial charge in [-0.2, -0.15) is 0 Å². The van der Waals surface area contributed by atoms with Crippen LogP contribution in [-0.2, 0) is 19.7 Å². The highest BCUT2D eigenvalue weighted by Crippen LogP contribution is 2.52. The number of fused-ring (bicyclic) bond motifs is 2. The highest BCUT2D eigenvalue weighted by atomic mass is 16.5. The van der Waals surface area contributed by atoms with Crippen molar-refractivity contribution >= 4 is 11.8 Å². The van der Waals surface area contributed by atoms with Gasteiger partial charge < -0.3 is 19.3 Å². The largest absolute Gasteiger partial charge is 0.484 e. The lowest BCUT2D eigenvalue weighted by atomic mass is 9.73. The van der Waals surface area contributed by atoms with Crippen LogP contribution in [0.4, 0.5) is 0 Å². The van der Waals surface area contributed by atoms with Crippen molar-refractivity contribution in [3.05, 3.63) is 65.7 Å². The molecular formula is C27H32N2O4. The van der Waals surface area contributed by atoms with Gasteiger partial charge in [-0.3, -0.25) is 9.59 Å². The van der Waals surface area contributed by atoms with Gasteiger partial charge in [0.15, 0.2) is 6.61 Å². The van der Waals surface area contributed by atoms with E-state index < -0.39 is 0 Å². The zero-order chi connectivity index (χ0) is 22.7. The smallest absolute Gasteiger partial charge is 0.260 e. The SMILES string of the molecule is O=C(COc1ccccc1)N1CCC2(CC1)C[C@@H](CC(=O)N1CCOCC1)c1ccccc12. The van der Waals surface area contributed by atoms with Crippen molar-refractivity contribution < 1.29 is 19.1 Å². The van der Waals surface area contributed by atoms with E-state index in [0.717, 1.165) is 38.1 Å². The molecule has 2 aliphatic heterocycles. The molecule has 2 amide bonds. The van der Waals surface area contributed by atoms with Gasteiger partial charge >= 0.3 is 0 Å². The molecule has 6 nitrogen and oxygen atoms in total. The fourth-order valence-corrected chi connectivity index (χ4v) is 5.77. The Balaban J connectivity index is 1.22. The summed E-state index contributed by atoms with van der Waals surface area (Å²) >= 11 is 0. The predicted molar refractivity (Wildman–Crippen MR) is 125 cm³/mol. The Bertz CT molecular complexity index is 979. The fraction of sp³-hybridized carbons (Fsp3) is 0.481. The Kier molecular flexibility index (Phi) is 6.36. The van der Waals surface area contributed by atoms with Gasteiger partial charge in [-0.05, 0) is 53.9 Å². The molecule has 2 fully saturated rings. The number of benzene rings is 2. The summed E-state index contributed by atoms with van der Waals surface area (Å²) in [6, 6.07) is 18.1. The minimum Gasteiger partial charge on any atom is -0.484 e. The average molecular weight is 449 g/mol. The molecule has 2 heterocycles. The molecule has 0 radical (unpaired) electrons. The normalized spacial score (nSPS) is 21.6. The Hall–Kier alpha value is -2.86. The number of nitrogens with zero attached hydrogens (tertiary/aromatic N) is 2. The van der Waals surface area contributed by atoms with Crippen molar-refractivity contribution in [3.8, 4) is 5.75 Å². The first-order chi connectivity index (χ1) is 16.1. The number of piperidine rings is 1. The van der Waals surface area contributed by atoms with Gasteiger partial charge in [0.05, 0.1) is 13.2 Å². The molecule has 0 N–H and O–H groups in total. The zero-order valence-corrected chi connectivity index (χ0v) is 19.1. The molecule has 0 saturated carbocycles. The topological polar surface area (TPSA) is 59.1 Å². The van der Waals surface area contributed by atoms with Crippen molar-refractivity contribution in [1.29, 1.82) is 0 Å². The van der Waals surface area contributed by atoms with E-state index in [-0.39, 0.29) is 29.8 Å². The van der Waals surface area contributed by atoms with Crippen LogP contribution >= 0.6 is 0 Å². The molecular weight excluding hydrogens is 416 g/mol. The summed E-state index contributed by atoms with van der Waals surface area (Å²) in [4.78, 5) is 29.6. The molecule has 1 atom stereocenters. The lowest BCUT2D eigenvalue weighted by molar-refractivity contribution is -0.135. The van der Waals surface area contributed by atoms with E-state index >= 15 is 0 Å². The number of rotatable bonds is 5. The Morgan fingerprint density at radius 2 is 1.55 bits per heavy atom. The third-order valence-corrected chi connectivity index (χ3v) is 7.57. The summed E-state index contributed by atoms with van der Waals surface area (Å²) in [6.07, 6.45) is 3.42. The van der Waals surface area contributed by atoms with Crippen molar-refractivity contribution in [1.82, 2.24) is 9.80 Å². The number of amides is 2. The molecule has 5 rings (SSSR count). The average Bonchev–Trinajstić information content (AvgIpc) is 3.17. The maximum absolute atomic E-state index is 13.0. The summed E-state index contributed by atoms with van der Waals surface area (Å²) in [6.45, 7) is 4.19. The molecule has 3 aliphatic rings. The van der Waals surface area contributed by atoms with E-state index in [9.17, 15) is 9.59 Å². The predicted octanol–water partition coefficient (Wildman–Crippen LogP) is 3.36. The molecule has 0 aromatic heterocycles. The molecule has 2 saturated heterocycles. The molecule has 2 aromatic rings. The van der Waals surface area contributed by atoms with Gasteiger partial charge in [0.2, 0.25) is 5.91 Å². The Morgan fingerprint density at radius 1 is 0.879 bits per heavy atom.